The molecule has 6 nitrogen and oxygen atoms in total. The lowest BCUT2D eigenvalue weighted by Gasteiger charge is -2.10. The Labute approximate surface area is 231 Å². The molecule has 0 fully saturated rings. The predicted molar refractivity (Wildman–Crippen MR) is 151 cm³/mol. The van der Waals surface area contributed by atoms with E-state index >= 15 is 0 Å². The third kappa shape index (κ3) is 7.70. The molecule has 0 aromatic heterocycles. The van der Waals surface area contributed by atoms with Gasteiger partial charge in [-0.2, -0.15) is 0 Å². The van der Waals surface area contributed by atoms with E-state index in [0.717, 1.165) is 34.2 Å². The van der Waals surface area contributed by atoms with E-state index in [4.69, 9.17) is 28.2 Å². The van der Waals surface area contributed by atoms with Crippen LogP contribution in [-0.4, -0.2) is 7.11 Å². The van der Waals surface area contributed by atoms with E-state index in [1.165, 1.54) is 5.56 Å². The molecule has 0 atom stereocenters. The first-order valence-electron chi connectivity index (χ1n) is 12.2. The fraction of sp³-hybridized carbons (Fsp3) is 0.0625. The van der Waals surface area contributed by atoms with Gasteiger partial charge in [0.15, 0.2) is 5.75 Å². The number of hydrogen-bond donors (Lipinski definition) is 0. The quantitative estimate of drug-likeness (QED) is 0.0943. The first-order valence-corrected chi connectivity index (χ1v) is 12.9. The van der Waals surface area contributed by atoms with E-state index in [1.807, 2.05) is 104 Å². The molecule has 0 aliphatic carbocycles. The van der Waals surface area contributed by atoms with E-state index in [1.54, 1.807) is 31.4 Å². The molecule has 0 amide bonds. The molecule has 0 heterocycles. The van der Waals surface area contributed by atoms with Crippen LogP contribution < -0.4 is 23.8 Å². The summed E-state index contributed by atoms with van der Waals surface area (Å²) in [5, 5.41) is 0. The van der Waals surface area contributed by atoms with Gasteiger partial charge in [-0.1, -0.05) is 17.7 Å². The molecule has 5 aromatic carbocycles. The van der Waals surface area contributed by atoms with Crippen molar-refractivity contribution in [3.05, 3.63) is 127 Å². The third-order valence-corrected chi connectivity index (χ3v) is 6.12. The minimum Gasteiger partial charge on any atom is -0.497 e. The Balaban J connectivity index is 1.08. The summed E-state index contributed by atoms with van der Waals surface area (Å²) in [7, 11) is 1.63. The first kappa shape index (κ1) is 26.0. The van der Waals surface area contributed by atoms with Gasteiger partial charge in [0.05, 0.1) is 19.2 Å². The van der Waals surface area contributed by atoms with Gasteiger partial charge in [0, 0.05) is 4.90 Å². The third-order valence-electron chi connectivity index (χ3n) is 5.52. The molecule has 0 spiro atoms. The van der Waals surface area contributed by atoms with Crippen molar-refractivity contribution in [1.82, 2.24) is 0 Å². The highest BCUT2D eigenvalue weighted by molar-refractivity contribution is 7.94. The summed E-state index contributed by atoms with van der Waals surface area (Å²) >= 11 is 1.12. The van der Waals surface area contributed by atoms with E-state index in [-0.39, 0.29) is 0 Å². The highest BCUT2D eigenvalue weighted by Gasteiger charge is 2.04. The number of ether oxygens (including phenoxy) is 4. The van der Waals surface area contributed by atoms with Crippen LogP contribution in [0.15, 0.2) is 126 Å². The molecule has 0 bridgehead atoms. The van der Waals surface area contributed by atoms with Gasteiger partial charge in [-0.15, -0.1) is 4.33 Å². The number of rotatable bonds is 11. The van der Waals surface area contributed by atoms with Crippen molar-refractivity contribution in [3.8, 4) is 46.0 Å². The van der Waals surface area contributed by atoms with Crippen molar-refractivity contribution in [3.63, 3.8) is 0 Å². The lowest BCUT2D eigenvalue weighted by Crippen LogP contribution is -1.90. The minimum absolute atomic E-state index is 0.558. The number of aryl methyl sites for hydroxylation is 1. The Hall–Kier alpha value is -4.59. The monoisotopic (exact) mass is 538 g/mol. The molecule has 7 heteroatoms. The van der Waals surface area contributed by atoms with E-state index in [2.05, 4.69) is 0 Å². The van der Waals surface area contributed by atoms with E-state index < -0.39 is 0 Å². The van der Waals surface area contributed by atoms with Gasteiger partial charge >= 0.3 is 0 Å². The minimum atomic E-state index is 0.558. The van der Waals surface area contributed by atoms with Gasteiger partial charge in [-0.05, 0) is 116 Å². The van der Waals surface area contributed by atoms with Gasteiger partial charge in [0.1, 0.15) is 40.2 Å². The standard InChI is InChI=1S/C32H26O6S/c1-23-3-5-25(6-4-23)34-26-7-9-27(10-8-26)35-28-11-13-29(14-12-28)36-30-15-17-31(18-16-30)37-38-39-32-21-19-24(33-2)20-22-32/h3-22H,1-2H3. The summed E-state index contributed by atoms with van der Waals surface area (Å²) in [4.78, 5) is 6.23. The van der Waals surface area contributed by atoms with Crippen LogP contribution in [0.4, 0.5) is 0 Å². The van der Waals surface area contributed by atoms with E-state index in [9.17, 15) is 0 Å². The molecule has 0 saturated carbocycles. The Kier molecular flexibility index (Phi) is 8.53. The zero-order valence-corrected chi connectivity index (χ0v) is 22.2. The Morgan fingerprint density at radius 2 is 0.744 bits per heavy atom. The highest BCUT2D eigenvalue weighted by Crippen LogP contribution is 2.30. The summed E-state index contributed by atoms with van der Waals surface area (Å²) in [6, 6.07) is 37.5. The number of methoxy groups -OCH3 is 1. The Morgan fingerprint density at radius 3 is 1.13 bits per heavy atom. The van der Waals surface area contributed by atoms with Gasteiger partial charge in [0.2, 0.25) is 0 Å². The zero-order valence-electron chi connectivity index (χ0n) is 21.4. The molecular weight excluding hydrogens is 512 g/mol. The van der Waals surface area contributed by atoms with Crippen LogP contribution in [0.25, 0.3) is 0 Å². The predicted octanol–water partition coefficient (Wildman–Crippen LogP) is 9.40. The number of hydrogen-bond acceptors (Lipinski definition) is 7. The lowest BCUT2D eigenvalue weighted by atomic mass is 10.2. The molecule has 5 aromatic rings. The first-order chi connectivity index (χ1) is 19.1. The second-order valence-corrected chi connectivity index (χ2v) is 9.22. The van der Waals surface area contributed by atoms with Crippen LogP contribution in [0.1, 0.15) is 5.56 Å². The second-order valence-electron chi connectivity index (χ2n) is 8.44. The summed E-state index contributed by atoms with van der Waals surface area (Å²) in [5.74, 6) is 5.65. The van der Waals surface area contributed by atoms with Crippen molar-refractivity contribution in [2.24, 2.45) is 0 Å². The highest BCUT2D eigenvalue weighted by atomic mass is 32.2. The van der Waals surface area contributed by atoms with Crippen LogP contribution >= 0.6 is 12.0 Å². The molecule has 0 saturated heterocycles. The fourth-order valence-corrected chi connectivity index (χ4v) is 3.89. The van der Waals surface area contributed by atoms with Crippen molar-refractivity contribution in [1.29, 1.82) is 0 Å². The molecule has 0 aliphatic rings. The Morgan fingerprint density at radius 1 is 0.410 bits per heavy atom. The summed E-state index contributed by atoms with van der Waals surface area (Å²) in [6.07, 6.45) is 0. The smallest absolute Gasteiger partial charge is 0.167 e. The molecule has 5 rings (SSSR count). The topological polar surface area (TPSA) is 55.4 Å². The molecule has 0 unspecified atom stereocenters. The maximum atomic E-state index is 5.95. The van der Waals surface area contributed by atoms with Crippen LogP contribution in [0.2, 0.25) is 0 Å². The van der Waals surface area contributed by atoms with Gasteiger partial charge in [0.25, 0.3) is 0 Å². The molecule has 39 heavy (non-hydrogen) atoms. The maximum Gasteiger partial charge on any atom is 0.167 e. The van der Waals surface area contributed by atoms with Crippen molar-refractivity contribution in [2.45, 2.75) is 11.8 Å². The normalized spacial score (nSPS) is 10.5. The second kappa shape index (κ2) is 12.8. The Bertz CT molecular complexity index is 1450. The molecule has 0 aliphatic heterocycles. The van der Waals surface area contributed by atoms with Crippen LogP contribution in [-0.2, 0) is 4.33 Å². The average Bonchev–Trinajstić information content (AvgIpc) is 2.98. The van der Waals surface area contributed by atoms with Crippen molar-refractivity contribution in [2.75, 3.05) is 7.11 Å². The summed E-state index contributed by atoms with van der Waals surface area (Å²) < 4.78 is 28.1. The van der Waals surface area contributed by atoms with Gasteiger partial charge in [-0.3, -0.25) is 0 Å². The maximum absolute atomic E-state index is 5.95. The molecular formula is C32H26O6S. The van der Waals surface area contributed by atoms with Crippen LogP contribution in [0, 0.1) is 6.92 Å². The fourth-order valence-electron chi connectivity index (χ4n) is 3.46. The number of benzene rings is 5. The average molecular weight is 539 g/mol. The molecule has 0 radical (unpaired) electrons. The lowest BCUT2D eigenvalue weighted by molar-refractivity contribution is -0.0777. The van der Waals surface area contributed by atoms with Crippen molar-refractivity contribution >= 4 is 12.0 Å². The summed E-state index contributed by atoms with van der Waals surface area (Å²) in [5.41, 5.74) is 1.19. The van der Waals surface area contributed by atoms with E-state index in [0.29, 0.717) is 28.7 Å². The van der Waals surface area contributed by atoms with Crippen LogP contribution in [0.3, 0.4) is 0 Å². The molecule has 196 valence electrons. The van der Waals surface area contributed by atoms with Gasteiger partial charge < -0.3 is 23.8 Å². The van der Waals surface area contributed by atoms with Gasteiger partial charge in [-0.25, -0.2) is 0 Å². The molecule has 0 N–H and O–H groups in total. The largest absolute Gasteiger partial charge is 0.497 e. The zero-order chi connectivity index (χ0) is 26.9. The SMILES string of the molecule is COc1ccc(SOOc2ccc(Oc3ccc(Oc4ccc(Oc5ccc(C)cc5)cc4)cc3)cc2)cc1. The summed E-state index contributed by atoms with van der Waals surface area (Å²) in [6.45, 7) is 2.05. The van der Waals surface area contributed by atoms with Crippen molar-refractivity contribution < 1.29 is 28.2 Å². The van der Waals surface area contributed by atoms with Crippen LogP contribution in [0.5, 0.6) is 46.0 Å².